The Labute approximate surface area is 288 Å². The first kappa shape index (κ1) is 30.2. The highest BCUT2D eigenvalue weighted by molar-refractivity contribution is 7.99. The lowest BCUT2D eigenvalue weighted by Gasteiger charge is -2.60. The topological polar surface area (TPSA) is 66.8 Å². The van der Waals surface area contributed by atoms with Crippen LogP contribution in [0.1, 0.15) is 92.6 Å². The van der Waals surface area contributed by atoms with Crippen molar-refractivity contribution in [1.82, 2.24) is 4.90 Å². The highest BCUT2D eigenvalue weighted by Gasteiger charge is 2.82. The molecule has 0 amide bonds. The van der Waals surface area contributed by atoms with Gasteiger partial charge in [0.2, 0.25) is 0 Å². The van der Waals surface area contributed by atoms with Crippen LogP contribution >= 0.6 is 11.8 Å². The van der Waals surface area contributed by atoms with Crippen molar-refractivity contribution in [2.45, 2.75) is 88.8 Å². The van der Waals surface area contributed by atoms with Gasteiger partial charge in [-0.25, -0.2) is 0 Å². The summed E-state index contributed by atoms with van der Waals surface area (Å²) < 4.78 is 5.61. The van der Waals surface area contributed by atoms with E-state index in [9.17, 15) is 5.11 Å². The van der Waals surface area contributed by atoms with Crippen molar-refractivity contribution in [1.29, 1.82) is 0 Å². The van der Waals surface area contributed by atoms with Crippen molar-refractivity contribution >= 4 is 34.1 Å². The molecule has 0 bridgehead atoms. The average Bonchev–Trinajstić information content (AvgIpc) is 3.80. The maximum absolute atomic E-state index is 16.2. The van der Waals surface area contributed by atoms with Gasteiger partial charge >= 0.3 is 0 Å². The smallest absolute Gasteiger partial charge is 0.189 e. The minimum absolute atomic E-state index is 0.0861. The first-order chi connectivity index (χ1) is 23.2. The normalized spacial score (nSPS) is 44.3. The summed E-state index contributed by atoms with van der Waals surface area (Å²) in [5.74, 6) is 4.77. The molecule has 5 aliphatic carbocycles. The fourth-order valence-electron chi connectivity index (χ4n) is 13.8. The van der Waals surface area contributed by atoms with E-state index in [1.165, 1.54) is 5.56 Å². The second kappa shape index (κ2) is 9.98. The third kappa shape index (κ3) is 3.35. The summed E-state index contributed by atoms with van der Waals surface area (Å²) in [4.78, 5) is 34.4. The van der Waals surface area contributed by atoms with Gasteiger partial charge in [0.05, 0.1) is 18.6 Å². The Balaban J connectivity index is 1.21. The van der Waals surface area contributed by atoms with Crippen molar-refractivity contribution in [3.05, 3.63) is 77.4 Å². The molecule has 0 aromatic heterocycles. The monoisotopic (exact) mass is 661 g/mol. The molecule has 250 valence electrons. The SMILES string of the molecule is COc1ccc([C@H]2[C@@H]3CSCN3[C@@]3(C(=O)c4cccc5cccc3c45)[C@@]23C[C@H]2[C@@H]4CC[C@H]5C[C@@H](O)CC[C@]5(C)[C@H]4CC[C@]2(C)C3=O)cc1. The molecular formula is C42H47NO4S. The number of Topliss-reactive ketones (excluding diaryl/α,β-unsaturated/α-hetero) is 2. The van der Waals surface area contributed by atoms with Gasteiger partial charge < -0.3 is 9.84 Å². The summed E-state index contributed by atoms with van der Waals surface area (Å²) in [6, 6.07) is 21.2. The summed E-state index contributed by atoms with van der Waals surface area (Å²) in [6.45, 7) is 4.84. The molecule has 5 nitrogen and oxygen atoms in total. The van der Waals surface area contributed by atoms with E-state index in [4.69, 9.17) is 4.74 Å². The lowest BCUT2D eigenvalue weighted by molar-refractivity contribution is -0.146. The molecule has 2 heterocycles. The first-order valence-electron chi connectivity index (χ1n) is 18.5. The van der Waals surface area contributed by atoms with Gasteiger partial charge in [0.25, 0.3) is 0 Å². The molecule has 6 heteroatoms. The Morgan fingerprint density at radius 1 is 0.917 bits per heavy atom. The van der Waals surface area contributed by atoms with Crippen LogP contribution in [0, 0.1) is 39.9 Å². The van der Waals surface area contributed by atoms with Crippen molar-refractivity contribution in [3.8, 4) is 5.75 Å². The third-order valence-corrected chi connectivity index (χ3v) is 16.8. The van der Waals surface area contributed by atoms with Crippen LogP contribution < -0.4 is 4.74 Å². The Kier molecular flexibility index (Phi) is 6.27. The van der Waals surface area contributed by atoms with Gasteiger partial charge in [-0.2, -0.15) is 0 Å². The summed E-state index contributed by atoms with van der Waals surface area (Å²) in [7, 11) is 1.70. The number of carbonyl (C=O) groups is 2. The highest BCUT2D eigenvalue weighted by Crippen LogP contribution is 2.78. The van der Waals surface area contributed by atoms with E-state index in [1.807, 2.05) is 23.9 Å². The van der Waals surface area contributed by atoms with E-state index in [0.29, 0.717) is 23.5 Å². The van der Waals surface area contributed by atoms with E-state index in [1.54, 1.807) is 7.11 Å². The number of thioether (sulfide) groups is 1. The minimum atomic E-state index is -1.02. The number of rotatable bonds is 2. The molecule has 3 aromatic rings. The molecule has 2 aliphatic heterocycles. The zero-order valence-corrected chi connectivity index (χ0v) is 29.2. The maximum atomic E-state index is 16.2. The van der Waals surface area contributed by atoms with Crippen molar-refractivity contribution < 1.29 is 19.4 Å². The third-order valence-electron chi connectivity index (χ3n) is 15.7. The quantitative estimate of drug-likeness (QED) is 0.301. The predicted molar refractivity (Wildman–Crippen MR) is 189 cm³/mol. The largest absolute Gasteiger partial charge is 0.497 e. The van der Waals surface area contributed by atoms with E-state index in [0.717, 1.165) is 90.6 Å². The molecule has 6 fully saturated rings. The molecule has 4 saturated carbocycles. The van der Waals surface area contributed by atoms with Gasteiger partial charge in [-0.05, 0) is 114 Å². The number of fused-ring (bicyclic) bond motifs is 9. The fourth-order valence-corrected chi connectivity index (χ4v) is 15.1. The molecular weight excluding hydrogens is 615 g/mol. The molecule has 1 N–H and O–H groups in total. The van der Waals surface area contributed by atoms with E-state index >= 15 is 9.59 Å². The van der Waals surface area contributed by atoms with Gasteiger partial charge in [0, 0.05) is 34.6 Å². The van der Waals surface area contributed by atoms with Crippen LogP contribution in [0.2, 0.25) is 0 Å². The molecule has 7 aliphatic rings. The van der Waals surface area contributed by atoms with Crippen molar-refractivity contribution in [3.63, 3.8) is 0 Å². The number of carbonyl (C=O) groups excluding carboxylic acids is 2. The zero-order chi connectivity index (χ0) is 32.8. The molecule has 2 spiro atoms. The standard InChI is InChI=1S/C42H47NO4S/c1-39-18-16-27(44)20-26(39)12-15-29-31(39)17-19-40(2)33(29)21-41(38(40)46)36(25-10-13-28(47-3)14-11-25)34-22-48-23-43(34)42(41)32-9-5-7-24-6-4-8-30(35(24)32)37(42)45/h4-11,13-14,26-27,29,31,33-34,36,44H,12,15-23H2,1-3H3/t26-,27-,29+,31-,33-,34-,36-,39-,40-,41-,42-/m0/s1. The van der Waals surface area contributed by atoms with Crippen LogP contribution in [0.4, 0.5) is 0 Å². The molecule has 3 aromatic carbocycles. The number of nitrogens with zero attached hydrogens (tertiary/aromatic N) is 1. The van der Waals surface area contributed by atoms with Crippen LogP contribution in [-0.2, 0) is 10.3 Å². The second-order valence-electron chi connectivity index (χ2n) is 17.1. The molecule has 0 unspecified atom stereocenters. The Morgan fingerprint density at radius 2 is 1.71 bits per heavy atom. The van der Waals surface area contributed by atoms with Crippen LogP contribution in [0.25, 0.3) is 10.8 Å². The Hall–Kier alpha value is -2.67. The van der Waals surface area contributed by atoms with Crippen LogP contribution in [0.3, 0.4) is 0 Å². The van der Waals surface area contributed by atoms with Gasteiger partial charge in [0.15, 0.2) is 5.78 Å². The van der Waals surface area contributed by atoms with Gasteiger partial charge in [-0.1, -0.05) is 62.4 Å². The second-order valence-corrected chi connectivity index (χ2v) is 18.1. The molecule has 0 radical (unpaired) electrons. The Bertz CT molecular complexity index is 1870. The minimum Gasteiger partial charge on any atom is -0.497 e. The van der Waals surface area contributed by atoms with Crippen LogP contribution in [0.5, 0.6) is 5.75 Å². The fraction of sp³-hybridized carbons (Fsp3) is 0.571. The number of hydrogen-bond acceptors (Lipinski definition) is 6. The van der Waals surface area contributed by atoms with Gasteiger partial charge in [-0.3, -0.25) is 14.5 Å². The molecule has 48 heavy (non-hydrogen) atoms. The van der Waals surface area contributed by atoms with Crippen molar-refractivity contribution in [2.24, 2.45) is 39.9 Å². The lowest BCUT2D eigenvalue weighted by Crippen LogP contribution is -2.58. The lowest BCUT2D eigenvalue weighted by atomic mass is 9.45. The van der Waals surface area contributed by atoms with Crippen LogP contribution in [-0.4, -0.2) is 52.5 Å². The van der Waals surface area contributed by atoms with E-state index in [-0.39, 0.29) is 35.2 Å². The van der Waals surface area contributed by atoms with E-state index < -0.39 is 16.4 Å². The zero-order valence-electron chi connectivity index (χ0n) is 28.4. The number of hydrogen-bond donors (Lipinski definition) is 1. The number of ketones is 2. The molecule has 11 atom stereocenters. The van der Waals surface area contributed by atoms with Crippen LogP contribution in [0.15, 0.2) is 60.7 Å². The summed E-state index contributed by atoms with van der Waals surface area (Å²) in [6.07, 6.45) is 7.78. The highest BCUT2D eigenvalue weighted by atomic mass is 32.2. The maximum Gasteiger partial charge on any atom is 0.189 e. The van der Waals surface area contributed by atoms with Gasteiger partial charge in [-0.15, -0.1) is 11.8 Å². The molecule has 2 saturated heterocycles. The number of aliphatic hydroxyl groups is 1. The van der Waals surface area contributed by atoms with Gasteiger partial charge in [0.1, 0.15) is 17.1 Å². The van der Waals surface area contributed by atoms with E-state index in [2.05, 4.69) is 67.3 Å². The Morgan fingerprint density at radius 3 is 2.50 bits per heavy atom. The average molecular weight is 662 g/mol. The number of ether oxygens (including phenoxy) is 1. The number of aliphatic hydroxyl groups excluding tert-OH is 1. The number of methoxy groups -OCH3 is 1. The van der Waals surface area contributed by atoms with Crippen molar-refractivity contribution in [2.75, 3.05) is 18.7 Å². The predicted octanol–water partition coefficient (Wildman–Crippen LogP) is 7.98. The number of benzene rings is 3. The summed E-state index contributed by atoms with van der Waals surface area (Å²) in [5, 5.41) is 12.8. The summed E-state index contributed by atoms with van der Waals surface area (Å²) in [5.41, 5.74) is 0.912. The summed E-state index contributed by atoms with van der Waals surface area (Å²) >= 11 is 1.92. The first-order valence-corrected chi connectivity index (χ1v) is 19.6. The molecule has 10 rings (SSSR count).